The molecule has 1 aliphatic rings. The summed E-state index contributed by atoms with van der Waals surface area (Å²) in [6, 6.07) is 10.9. The van der Waals surface area contributed by atoms with Crippen molar-refractivity contribution in [1.29, 1.82) is 0 Å². The standard InChI is InChI=1S/C22H21N5O6S2/c1-2-14-5-7-15(8-6-14)12-19-21(29)25(22(34)35-19)11-3-4-20(28)24-23-17-10-9-16(26(30)31)13-18(17)27(32)33/h5-10,12-13,23H,2-4,11H2,1H3,(H,24,28). The number of nitrogens with zero attached hydrogens (tertiary/aromatic N) is 3. The number of nitrogens with one attached hydrogen (secondary N) is 2. The number of non-ortho nitro benzene ring substituents is 1. The van der Waals surface area contributed by atoms with E-state index < -0.39 is 27.1 Å². The quantitative estimate of drug-likeness (QED) is 0.206. The zero-order valence-corrected chi connectivity index (χ0v) is 20.2. The van der Waals surface area contributed by atoms with E-state index in [4.69, 9.17) is 12.2 Å². The second-order valence-corrected chi connectivity index (χ2v) is 9.10. The largest absolute Gasteiger partial charge is 0.300 e. The number of carbonyl (C=O) groups excluding carboxylic acids is 2. The lowest BCUT2D eigenvalue weighted by Crippen LogP contribution is -2.32. The molecule has 2 N–H and O–H groups in total. The van der Waals surface area contributed by atoms with Crippen molar-refractivity contribution in [3.8, 4) is 0 Å². The molecule has 2 aromatic rings. The van der Waals surface area contributed by atoms with Gasteiger partial charge in [-0.1, -0.05) is 55.2 Å². The van der Waals surface area contributed by atoms with Crippen molar-refractivity contribution in [1.82, 2.24) is 10.3 Å². The molecule has 11 nitrogen and oxygen atoms in total. The Morgan fingerprint density at radius 1 is 1.14 bits per heavy atom. The fraction of sp³-hybridized carbons (Fsp3) is 0.227. The van der Waals surface area contributed by atoms with E-state index in [2.05, 4.69) is 17.8 Å². The Balaban J connectivity index is 1.52. The number of nitro groups is 2. The van der Waals surface area contributed by atoms with Crippen LogP contribution in [-0.2, 0) is 16.0 Å². The van der Waals surface area contributed by atoms with Crippen LogP contribution in [0.5, 0.6) is 0 Å². The van der Waals surface area contributed by atoms with Gasteiger partial charge >= 0.3 is 5.69 Å². The average Bonchev–Trinajstić information content (AvgIpc) is 3.10. The number of benzene rings is 2. The highest BCUT2D eigenvalue weighted by Gasteiger charge is 2.31. The third-order valence-corrected chi connectivity index (χ3v) is 6.45. The number of rotatable bonds is 10. The molecule has 1 fully saturated rings. The molecule has 3 rings (SSSR count). The first-order valence-corrected chi connectivity index (χ1v) is 11.7. The van der Waals surface area contributed by atoms with Gasteiger partial charge in [0.05, 0.1) is 20.8 Å². The summed E-state index contributed by atoms with van der Waals surface area (Å²) in [5.41, 5.74) is 5.75. The lowest BCUT2D eigenvalue weighted by atomic mass is 10.1. The van der Waals surface area contributed by atoms with Crippen LogP contribution in [-0.4, -0.2) is 37.4 Å². The Kier molecular flexibility index (Phi) is 8.49. The van der Waals surface area contributed by atoms with Gasteiger partial charge in [0.2, 0.25) is 5.91 Å². The molecule has 0 aromatic heterocycles. The van der Waals surface area contributed by atoms with Crippen molar-refractivity contribution >= 4 is 63.3 Å². The van der Waals surface area contributed by atoms with Gasteiger partial charge in [-0.3, -0.25) is 45.6 Å². The van der Waals surface area contributed by atoms with Crippen molar-refractivity contribution < 1.29 is 19.4 Å². The maximum Gasteiger partial charge on any atom is 0.300 e. The smallest absolute Gasteiger partial charge is 0.293 e. The summed E-state index contributed by atoms with van der Waals surface area (Å²) in [6.07, 6.45) is 3.03. The van der Waals surface area contributed by atoms with Gasteiger partial charge in [-0.25, -0.2) is 0 Å². The van der Waals surface area contributed by atoms with Crippen LogP contribution < -0.4 is 10.9 Å². The highest BCUT2D eigenvalue weighted by Crippen LogP contribution is 2.33. The Labute approximate surface area is 209 Å². The van der Waals surface area contributed by atoms with E-state index in [-0.39, 0.29) is 24.6 Å². The van der Waals surface area contributed by atoms with Crippen molar-refractivity contribution in [3.63, 3.8) is 0 Å². The number of hydrogen-bond acceptors (Lipinski definition) is 9. The van der Waals surface area contributed by atoms with Gasteiger partial charge < -0.3 is 0 Å². The molecule has 1 saturated heterocycles. The third-order valence-electron chi connectivity index (χ3n) is 5.07. The molecule has 0 saturated carbocycles. The van der Waals surface area contributed by atoms with Crippen LogP contribution in [0.25, 0.3) is 6.08 Å². The molecule has 13 heteroatoms. The number of nitro benzene ring substituents is 2. The topological polar surface area (TPSA) is 148 Å². The summed E-state index contributed by atoms with van der Waals surface area (Å²) in [6.45, 7) is 2.30. The van der Waals surface area contributed by atoms with Crippen LogP contribution in [0.1, 0.15) is 30.9 Å². The van der Waals surface area contributed by atoms with E-state index in [1.165, 1.54) is 22.2 Å². The molecule has 0 spiro atoms. The van der Waals surface area contributed by atoms with Crippen LogP contribution >= 0.6 is 24.0 Å². The fourth-order valence-electron chi connectivity index (χ4n) is 3.18. The molecule has 0 bridgehead atoms. The highest BCUT2D eigenvalue weighted by atomic mass is 32.2. The lowest BCUT2D eigenvalue weighted by Gasteiger charge is -2.14. The summed E-state index contributed by atoms with van der Waals surface area (Å²) in [5.74, 6) is -0.700. The van der Waals surface area contributed by atoms with E-state index in [1.807, 2.05) is 24.3 Å². The monoisotopic (exact) mass is 515 g/mol. The van der Waals surface area contributed by atoms with E-state index in [0.29, 0.717) is 15.6 Å². The Morgan fingerprint density at radius 2 is 1.86 bits per heavy atom. The SMILES string of the molecule is CCc1ccc(C=C2SC(=S)N(CCCC(=O)NNc3ccc([N+](=O)[O-])cc3[N+](=O)[O-])C2=O)cc1. The molecule has 35 heavy (non-hydrogen) atoms. The number of hydrogen-bond donors (Lipinski definition) is 2. The number of aryl methyl sites for hydroxylation is 1. The minimum Gasteiger partial charge on any atom is -0.293 e. The second-order valence-electron chi connectivity index (χ2n) is 7.42. The average molecular weight is 516 g/mol. The third kappa shape index (κ3) is 6.61. The first kappa shape index (κ1) is 25.8. The normalized spacial score (nSPS) is 14.3. The van der Waals surface area contributed by atoms with Crippen molar-refractivity contribution in [2.45, 2.75) is 26.2 Å². The summed E-state index contributed by atoms with van der Waals surface area (Å²) in [4.78, 5) is 47.3. The number of amides is 2. The van der Waals surface area contributed by atoms with Gasteiger partial charge in [0.1, 0.15) is 10.0 Å². The van der Waals surface area contributed by atoms with Crippen molar-refractivity contribution in [2.24, 2.45) is 0 Å². The van der Waals surface area contributed by atoms with Crippen LogP contribution in [0.3, 0.4) is 0 Å². The molecule has 1 aliphatic heterocycles. The van der Waals surface area contributed by atoms with E-state index in [0.717, 1.165) is 30.2 Å². The number of carbonyl (C=O) groups is 2. The lowest BCUT2D eigenvalue weighted by molar-refractivity contribution is -0.393. The van der Waals surface area contributed by atoms with Crippen LogP contribution in [0.15, 0.2) is 47.4 Å². The molecule has 0 aliphatic carbocycles. The predicted octanol–water partition coefficient (Wildman–Crippen LogP) is 4.19. The number of thioether (sulfide) groups is 1. The molecule has 182 valence electrons. The zero-order valence-electron chi connectivity index (χ0n) is 18.6. The number of anilines is 1. The van der Waals surface area contributed by atoms with Gasteiger partial charge in [-0.2, -0.15) is 0 Å². The van der Waals surface area contributed by atoms with Gasteiger partial charge in [-0.05, 0) is 36.1 Å². The Bertz CT molecular complexity index is 1220. The fourth-order valence-corrected chi connectivity index (χ4v) is 4.49. The van der Waals surface area contributed by atoms with Crippen molar-refractivity contribution in [3.05, 3.63) is 78.7 Å². The maximum absolute atomic E-state index is 12.7. The Hall–Kier alpha value is -3.84. The van der Waals surface area contributed by atoms with Crippen molar-refractivity contribution in [2.75, 3.05) is 12.0 Å². The van der Waals surface area contributed by atoms with Crippen LogP contribution in [0.2, 0.25) is 0 Å². The molecule has 0 unspecified atom stereocenters. The first-order chi connectivity index (χ1) is 16.7. The van der Waals surface area contributed by atoms with Gasteiger partial charge in [0.25, 0.3) is 11.6 Å². The van der Waals surface area contributed by atoms with E-state index in [9.17, 15) is 29.8 Å². The molecule has 1 heterocycles. The minimum absolute atomic E-state index is 0.0162. The highest BCUT2D eigenvalue weighted by molar-refractivity contribution is 8.26. The molecule has 0 radical (unpaired) electrons. The molecule has 2 amide bonds. The van der Waals surface area contributed by atoms with E-state index in [1.54, 1.807) is 6.08 Å². The summed E-state index contributed by atoms with van der Waals surface area (Å²) in [5, 5.41) is 22.0. The Morgan fingerprint density at radius 3 is 2.49 bits per heavy atom. The summed E-state index contributed by atoms with van der Waals surface area (Å²) >= 11 is 6.52. The predicted molar refractivity (Wildman–Crippen MR) is 136 cm³/mol. The summed E-state index contributed by atoms with van der Waals surface area (Å²) in [7, 11) is 0. The second kappa shape index (κ2) is 11.5. The van der Waals surface area contributed by atoms with Crippen LogP contribution in [0.4, 0.5) is 17.1 Å². The minimum atomic E-state index is -0.789. The van der Waals surface area contributed by atoms with Crippen LogP contribution in [0, 0.1) is 20.2 Å². The van der Waals surface area contributed by atoms with Gasteiger partial charge in [0.15, 0.2) is 0 Å². The van der Waals surface area contributed by atoms with Gasteiger partial charge in [-0.15, -0.1) is 0 Å². The molecular formula is C22H21N5O6S2. The van der Waals surface area contributed by atoms with E-state index >= 15 is 0 Å². The molecule has 0 atom stereocenters. The number of hydrazine groups is 1. The number of thiocarbonyl (C=S) groups is 1. The maximum atomic E-state index is 12.7. The first-order valence-electron chi connectivity index (χ1n) is 10.5. The summed E-state index contributed by atoms with van der Waals surface area (Å²) < 4.78 is 0.409. The molecular weight excluding hydrogens is 494 g/mol. The molecule has 2 aromatic carbocycles. The van der Waals surface area contributed by atoms with Gasteiger partial charge in [0, 0.05) is 19.0 Å². The zero-order chi connectivity index (χ0) is 25.5.